The van der Waals surface area contributed by atoms with Crippen LogP contribution in [0.4, 0.5) is 0 Å². The first-order chi connectivity index (χ1) is 11.3. The van der Waals surface area contributed by atoms with Crippen molar-refractivity contribution in [3.8, 4) is 0 Å². The Bertz CT molecular complexity index is 477. The van der Waals surface area contributed by atoms with E-state index in [1.54, 1.807) is 22.3 Å². The normalized spacial score (nSPS) is 16.0. The largest absolute Gasteiger partial charge is 0.0874 e. The van der Waals surface area contributed by atoms with Crippen molar-refractivity contribution in [2.75, 3.05) is 0 Å². The van der Waals surface area contributed by atoms with E-state index in [0.29, 0.717) is 5.92 Å². The molecule has 24 heavy (non-hydrogen) atoms. The molecule has 1 unspecified atom stereocenters. The van der Waals surface area contributed by atoms with Crippen molar-refractivity contribution in [1.29, 1.82) is 0 Å². The number of aryl methyl sites for hydroxylation is 1. The van der Waals surface area contributed by atoms with E-state index in [4.69, 9.17) is 0 Å². The van der Waals surface area contributed by atoms with Crippen LogP contribution in [-0.4, -0.2) is 0 Å². The van der Waals surface area contributed by atoms with Crippen LogP contribution >= 0.6 is 0 Å². The molecule has 0 heterocycles. The first-order valence-electron chi connectivity index (χ1n) is 9.74. The maximum atomic E-state index is 2.36. The van der Waals surface area contributed by atoms with Gasteiger partial charge in [0.1, 0.15) is 0 Å². The maximum Gasteiger partial charge on any atom is 0.00914 e. The van der Waals surface area contributed by atoms with Gasteiger partial charge in [-0.25, -0.2) is 0 Å². The molecule has 0 aliphatic heterocycles. The van der Waals surface area contributed by atoms with E-state index in [1.807, 2.05) is 27.7 Å². The highest BCUT2D eigenvalue weighted by Gasteiger charge is 2.22. The second-order valence-corrected chi connectivity index (χ2v) is 5.45. The number of rotatable bonds is 4. The van der Waals surface area contributed by atoms with Gasteiger partial charge in [-0.2, -0.15) is 0 Å². The lowest BCUT2D eigenvalue weighted by atomic mass is 9.84. The summed E-state index contributed by atoms with van der Waals surface area (Å²) in [6.07, 6.45) is 10.7. The Morgan fingerprint density at radius 1 is 1.00 bits per heavy atom. The van der Waals surface area contributed by atoms with Gasteiger partial charge in [-0.3, -0.25) is 0 Å². The quantitative estimate of drug-likeness (QED) is 0.519. The van der Waals surface area contributed by atoms with Crippen LogP contribution in [0.2, 0.25) is 0 Å². The Labute approximate surface area is 153 Å². The van der Waals surface area contributed by atoms with Gasteiger partial charge in [-0.15, -0.1) is 0 Å². The summed E-state index contributed by atoms with van der Waals surface area (Å²) in [5.74, 6) is 0.606. The fourth-order valence-electron chi connectivity index (χ4n) is 3.34. The molecule has 0 heteroatoms. The highest BCUT2D eigenvalue weighted by Crippen LogP contribution is 2.39. The van der Waals surface area contributed by atoms with E-state index >= 15 is 0 Å². The Kier molecular flexibility index (Phi) is 15.8. The predicted octanol–water partition coefficient (Wildman–Crippen LogP) is 8.49. The smallest absolute Gasteiger partial charge is 0.00914 e. The van der Waals surface area contributed by atoms with Gasteiger partial charge in [-0.1, -0.05) is 97.4 Å². The summed E-state index contributed by atoms with van der Waals surface area (Å²) >= 11 is 0. The molecule has 0 bridgehead atoms. The van der Waals surface area contributed by atoms with Crippen molar-refractivity contribution in [3.63, 3.8) is 0 Å². The number of allylic oxidation sites excluding steroid dienone is 4. The molecule has 0 spiro atoms. The average Bonchev–Trinajstić information content (AvgIpc) is 2.77. The van der Waals surface area contributed by atoms with Gasteiger partial charge in [0.2, 0.25) is 0 Å². The third-order valence-corrected chi connectivity index (χ3v) is 4.26. The van der Waals surface area contributed by atoms with Gasteiger partial charge in [-0.05, 0) is 49.3 Å². The highest BCUT2D eigenvalue weighted by molar-refractivity contribution is 5.44. The van der Waals surface area contributed by atoms with Crippen molar-refractivity contribution in [3.05, 3.63) is 58.7 Å². The molecule has 138 valence electrons. The van der Waals surface area contributed by atoms with Gasteiger partial charge in [0.15, 0.2) is 0 Å². The van der Waals surface area contributed by atoms with E-state index in [-0.39, 0.29) is 7.43 Å². The van der Waals surface area contributed by atoms with Gasteiger partial charge in [0, 0.05) is 5.92 Å². The highest BCUT2D eigenvalue weighted by atomic mass is 14.3. The SMILES string of the molecule is C.C/C=C\C1=C(CC)CCc2ccccc2C1CCC.CC.CC. The minimum atomic E-state index is 0. The molecule has 0 aromatic heterocycles. The van der Waals surface area contributed by atoms with E-state index in [9.17, 15) is 0 Å². The molecule has 0 amide bonds. The molecule has 0 nitrogen and oxygen atoms in total. The summed E-state index contributed by atoms with van der Waals surface area (Å²) in [5, 5.41) is 0. The fourth-order valence-corrected chi connectivity index (χ4v) is 3.34. The van der Waals surface area contributed by atoms with Gasteiger partial charge >= 0.3 is 0 Å². The minimum Gasteiger partial charge on any atom is -0.0874 e. The minimum absolute atomic E-state index is 0. The summed E-state index contributed by atoms with van der Waals surface area (Å²) in [7, 11) is 0. The zero-order chi connectivity index (χ0) is 17.7. The molecular formula is C24H42. The van der Waals surface area contributed by atoms with E-state index in [1.165, 1.54) is 32.1 Å². The lowest BCUT2D eigenvalue weighted by Gasteiger charge is -2.21. The van der Waals surface area contributed by atoms with Crippen molar-refractivity contribution in [2.24, 2.45) is 0 Å². The van der Waals surface area contributed by atoms with Crippen LogP contribution in [0, 0.1) is 0 Å². The third-order valence-electron chi connectivity index (χ3n) is 4.26. The number of hydrogen-bond donors (Lipinski definition) is 0. The van der Waals surface area contributed by atoms with Crippen molar-refractivity contribution >= 4 is 0 Å². The predicted molar refractivity (Wildman–Crippen MR) is 114 cm³/mol. The summed E-state index contributed by atoms with van der Waals surface area (Å²) < 4.78 is 0. The van der Waals surface area contributed by atoms with Gasteiger partial charge in [0.05, 0.1) is 0 Å². The zero-order valence-corrected chi connectivity index (χ0v) is 16.6. The Balaban J connectivity index is 0. The standard InChI is InChI=1S/C19H26.2C2H6.CH4/c1-4-9-17-15(6-3)13-14-16-11-7-8-12-18(16)19(17)10-5-2;2*1-2;/h4,7-9,11-12,19H,5-6,10,13-14H2,1-3H3;2*1-2H3;1H4/b9-4-;;;. The number of fused-ring (bicyclic) bond motifs is 1. The zero-order valence-electron chi connectivity index (χ0n) is 16.6. The second-order valence-electron chi connectivity index (χ2n) is 5.45. The third kappa shape index (κ3) is 6.67. The summed E-state index contributed by atoms with van der Waals surface area (Å²) in [6.45, 7) is 14.7. The first-order valence-corrected chi connectivity index (χ1v) is 9.74. The molecular weight excluding hydrogens is 288 g/mol. The second kappa shape index (κ2) is 15.2. The molecule has 1 aliphatic rings. The van der Waals surface area contributed by atoms with Crippen LogP contribution in [-0.2, 0) is 6.42 Å². The summed E-state index contributed by atoms with van der Waals surface area (Å²) in [6, 6.07) is 9.06. The molecule has 1 aliphatic carbocycles. The topological polar surface area (TPSA) is 0 Å². The Morgan fingerprint density at radius 3 is 2.17 bits per heavy atom. The lowest BCUT2D eigenvalue weighted by molar-refractivity contribution is 0.689. The maximum absolute atomic E-state index is 2.36. The van der Waals surface area contributed by atoms with E-state index < -0.39 is 0 Å². The van der Waals surface area contributed by atoms with E-state index in [0.717, 1.165) is 0 Å². The van der Waals surface area contributed by atoms with Crippen LogP contribution in [0.15, 0.2) is 47.6 Å². The van der Waals surface area contributed by atoms with Gasteiger partial charge in [0.25, 0.3) is 0 Å². The monoisotopic (exact) mass is 330 g/mol. The van der Waals surface area contributed by atoms with Crippen molar-refractivity contribution < 1.29 is 0 Å². The first kappa shape index (κ1) is 24.9. The van der Waals surface area contributed by atoms with Crippen molar-refractivity contribution in [1.82, 2.24) is 0 Å². The van der Waals surface area contributed by atoms with Crippen LogP contribution in [0.5, 0.6) is 0 Å². The molecule has 1 aromatic carbocycles. The summed E-state index contributed by atoms with van der Waals surface area (Å²) in [4.78, 5) is 0. The lowest BCUT2D eigenvalue weighted by Crippen LogP contribution is -2.04. The molecule has 0 saturated carbocycles. The van der Waals surface area contributed by atoms with Crippen LogP contribution in [0.25, 0.3) is 0 Å². The molecule has 0 fully saturated rings. The van der Waals surface area contributed by atoms with Crippen molar-refractivity contribution in [2.45, 2.75) is 93.9 Å². The molecule has 0 radical (unpaired) electrons. The van der Waals surface area contributed by atoms with Crippen LogP contribution in [0.3, 0.4) is 0 Å². The van der Waals surface area contributed by atoms with Crippen LogP contribution in [0.1, 0.15) is 98.6 Å². The molecule has 0 saturated heterocycles. The van der Waals surface area contributed by atoms with Gasteiger partial charge < -0.3 is 0 Å². The van der Waals surface area contributed by atoms with E-state index in [2.05, 4.69) is 57.2 Å². The molecule has 1 atom stereocenters. The van der Waals surface area contributed by atoms with Crippen LogP contribution < -0.4 is 0 Å². The Morgan fingerprint density at radius 2 is 1.62 bits per heavy atom. The molecule has 0 N–H and O–H groups in total. The number of hydrogen-bond acceptors (Lipinski definition) is 0. The molecule has 1 aromatic rings. The molecule has 2 rings (SSSR count). The Hall–Kier alpha value is -1.30. The average molecular weight is 331 g/mol. The fraction of sp³-hybridized carbons (Fsp3) is 0.583. The summed E-state index contributed by atoms with van der Waals surface area (Å²) in [5.41, 5.74) is 6.39. The number of benzene rings is 1.